The fourth-order valence-corrected chi connectivity index (χ4v) is 4.19. The first kappa shape index (κ1) is 33.4. The summed E-state index contributed by atoms with van der Waals surface area (Å²) >= 11 is 0. The van der Waals surface area contributed by atoms with E-state index < -0.39 is 39.0 Å². The molecule has 0 bridgehead atoms. The quantitative estimate of drug-likeness (QED) is 0.144. The van der Waals surface area contributed by atoms with Crippen LogP contribution < -0.4 is 4.18 Å². The number of pyridine rings is 2. The van der Waals surface area contributed by atoms with Gasteiger partial charge in [-0.2, -0.15) is 21.6 Å². The van der Waals surface area contributed by atoms with Crippen molar-refractivity contribution in [3.63, 3.8) is 0 Å². The third-order valence-corrected chi connectivity index (χ3v) is 7.21. The van der Waals surface area contributed by atoms with E-state index in [1.54, 1.807) is 13.1 Å². The summed E-state index contributed by atoms with van der Waals surface area (Å²) in [6.45, 7) is 6.79. The number of carbonyl (C=O) groups excluding carboxylic acids is 1. The largest absolute Gasteiger partial charge is 0.534 e. The average molecular weight is 621 g/mol. The molecule has 2 atom stereocenters. The molecule has 230 valence electrons. The van der Waals surface area contributed by atoms with Crippen LogP contribution in [0.5, 0.6) is 5.75 Å². The molecule has 4 rings (SSSR count). The van der Waals surface area contributed by atoms with Gasteiger partial charge in [-0.05, 0) is 80.4 Å². The van der Waals surface area contributed by atoms with Crippen LogP contribution in [0.2, 0.25) is 0 Å². The van der Waals surface area contributed by atoms with Gasteiger partial charge in [0.05, 0.1) is 36.1 Å². The number of nitrogens with zero attached hydrogens (tertiary/aromatic N) is 2. The van der Waals surface area contributed by atoms with E-state index in [0.717, 1.165) is 28.5 Å². The van der Waals surface area contributed by atoms with Crippen LogP contribution in [-0.2, 0) is 19.6 Å². The highest BCUT2D eigenvalue weighted by Crippen LogP contribution is 2.29. The number of ether oxygens (including phenoxy) is 1. The van der Waals surface area contributed by atoms with Gasteiger partial charge < -0.3 is 19.1 Å². The number of fused-ring (bicyclic) bond motifs is 2. The smallest absolute Gasteiger partial charge is 0.468 e. The molecule has 0 unspecified atom stereocenters. The molecule has 0 saturated carbocycles. The summed E-state index contributed by atoms with van der Waals surface area (Å²) < 4.78 is 67.4. The second-order valence-corrected chi connectivity index (χ2v) is 11.8. The highest BCUT2D eigenvalue weighted by molar-refractivity contribution is 7.88. The number of alkyl halides is 3. The minimum atomic E-state index is -5.71. The van der Waals surface area contributed by atoms with Gasteiger partial charge in [0.2, 0.25) is 0 Å². The highest BCUT2D eigenvalue weighted by atomic mass is 32.2. The van der Waals surface area contributed by atoms with Crippen molar-refractivity contribution in [2.24, 2.45) is 5.41 Å². The molecule has 2 heterocycles. The summed E-state index contributed by atoms with van der Waals surface area (Å²) in [5, 5.41) is 22.0. The second kappa shape index (κ2) is 13.1. The Kier molecular flexibility index (Phi) is 10.2. The highest BCUT2D eigenvalue weighted by Gasteiger charge is 2.48. The number of aliphatic hydroxyl groups excluding tert-OH is 2. The number of benzene rings is 2. The van der Waals surface area contributed by atoms with Crippen LogP contribution in [0, 0.1) is 5.41 Å². The number of carbonyl (C=O) groups is 1. The number of hydrogen-bond acceptors (Lipinski definition) is 9. The Morgan fingerprint density at radius 1 is 0.860 bits per heavy atom. The van der Waals surface area contributed by atoms with Crippen LogP contribution in [0.25, 0.3) is 27.6 Å². The summed E-state index contributed by atoms with van der Waals surface area (Å²) in [5.74, 6) is -0.743. The molecular formula is C30H31F3N2O7S. The predicted octanol–water partition coefficient (Wildman–Crippen LogP) is 6.02. The predicted molar refractivity (Wildman–Crippen MR) is 155 cm³/mol. The molecule has 0 aliphatic heterocycles. The van der Waals surface area contributed by atoms with Crippen LogP contribution in [-0.4, -0.2) is 47.2 Å². The zero-order valence-corrected chi connectivity index (χ0v) is 24.8. The molecule has 2 aromatic carbocycles. The number of hydrogen-bond donors (Lipinski definition) is 2. The van der Waals surface area contributed by atoms with Gasteiger partial charge >= 0.3 is 21.6 Å². The molecule has 43 heavy (non-hydrogen) atoms. The van der Waals surface area contributed by atoms with Gasteiger partial charge in [0.15, 0.2) is 0 Å². The average Bonchev–Trinajstić information content (AvgIpc) is 2.94. The maximum atomic E-state index is 12.2. The number of esters is 1. The molecular weight excluding hydrogens is 589 g/mol. The van der Waals surface area contributed by atoms with Gasteiger partial charge in [0.25, 0.3) is 0 Å². The van der Waals surface area contributed by atoms with Gasteiger partial charge in [0, 0.05) is 23.2 Å². The van der Waals surface area contributed by atoms with Crippen molar-refractivity contribution in [2.45, 2.75) is 45.4 Å². The molecule has 0 amide bonds. The lowest BCUT2D eigenvalue weighted by Gasteiger charge is -2.16. The third kappa shape index (κ3) is 8.49. The second-order valence-electron chi connectivity index (χ2n) is 10.2. The van der Waals surface area contributed by atoms with Gasteiger partial charge in [0.1, 0.15) is 5.75 Å². The number of aliphatic hydroxyl groups is 2. The molecule has 2 aromatic heterocycles. The maximum absolute atomic E-state index is 12.2. The van der Waals surface area contributed by atoms with Crippen LogP contribution in [0.3, 0.4) is 0 Å². The summed E-state index contributed by atoms with van der Waals surface area (Å²) in [5.41, 5.74) is -4.24. The van der Waals surface area contributed by atoms with Crippen molar-refractivity contribution in [3.05, 3.63) is 84.0 Å². The van der Waals surface area contributed by atoms with E-state index >= 15 is 0 Å². The van der Waals surface area contributed by atoms with E-state index in [-0.39, 0.29) is 5.97 Å². The third-order valence-electron chi connectivity index (χ3n) is 6.23. The van der Waals surface area contributed by atoms with Crippen molar-refractivity contribution >= 4 is 43.7 Å². The zero-order valence-electron chi connectivity index (χ0n) is 24.0. The number of aromatic nitrogens is 2. The normalized spacial score (nSPS) is 13.8. The number of rotatable bonds is 7. The standard InChI is InChI=1S/C18H21NO3.C12H10F3NO4S/c1-12(20)16-10-15-9-13(5-6-14(15)11-19-16)7-8-18(2,3)17(21)22-4;1-7(17)11-5-9-4-10(3-2-8(9)6-16-11)20-21(18,19)12(13,14)15/h5-12,20H,1-4H3;2-7,17H,1H3/b8-7+;/t12-;7-/m11/s1. The fraction of sp³-hybridized carbons (Fsp3) is 0.300. The Labute approximate surface area is 246 Å². The van der Waals surface area contributed by atoms with Gasteiger partial charge in [-0.1, -0.05) is 24.3 Å². The molecule has 4 aromatic rings. The molecule has 0 radical (unpaired) electrons. The summed E-state index contributed by atoms with van der Waals surface area (Å²) in [6, 6.07) is 12.9. The minimum absolute atomic E-state index is 0.273. The van der Waals surface area contributed by atoms with Gasteiger partial charge in [-0.15, -0.1) is 0 Å². The Hall–Kier alpha value is -4.07. The lowest BCUT2D eigenvalue weighted by molar-refractivity contribution is -0.148. The van der Waals surface area contributed by atoms with Crippen molar-refractivity contribution in [1.29, 1.82) is 0 Å². The molecule has 0 spiro atoms. The molecule has 0 saturated heterocycles. The lowest BCUT2D eigenvalue weighted by atomic mass is 9.92. The van der Waals surface area contributed by atoms with Crippen molar-refractivity contribution in [3.8, 4) is 5.75 Å². The Balaban J connectivity index is 0.000000236. The van der Waals surface area contributed by atoms with Crippen molar-refractivity contribution in [1.82, 2.24) is 9.97 Å². The summed E-state index contributed by atoms with van der Waals surface area (Å²) in [4.78, 5) is 19.9. The first-order chi connectivity index (χ1) is 19.9. The van der Waals surface area contributed by atoms with E-state index in [0.29, 0.717) is 22.2 Å². The Bertz CT molecular complexity index is 1750. The Morgan fingerprint density at radius 3 is 1.86 bits per heavy atom. The minimum Gasteiger partial charge on any atom is -0.468 e. The van der Waals surface area contributed by atoms with Crippen LogP contribution in [0.15, 0.2) is 67.0 Å². The van der Waals surface area contributed by atoms with Gasteiger partial charge in [-0.3, -0.25) is 14.8 Å². The molecule has 0 aliphatic carbocycles. The van der Waals surface area contributed by atoms with Crippen molar-refractivity contribution in [2.75, 3.05) is 7.11 Å². The first-order valence-corrected chi connectivity index (χ1v) is 14.3. The van der Waals surface area contributed by atoms with E-state index in [4.69, 9.17) is 4.74 Å². The summed E-state index contributed by atoms with van der Waals surface area (Å²) in [7, 11) is -4.32. The SMILES string of the molecule is COC(=O)C(C)(C)/C=C/c1ccc2cnc([C@@H](C)O)cc2c1.C[C@@H](O)c1cc2cc(OS(=O)(=O)C(F)(F)F)ccc2cn1. The van der Waals surface area contributed by atoms with Crippen LogP contribution >= 0.6 is 0 Å². The summed E-state index contributed by atoms with van der Waals surface area (Å²) in [6.07, 6.45) is 5.44. The van der Waals surface area contributed by atoms with E-state index in [1.807, 2.05) is 50.3 Å². The van der Waals surface area contributed by atoms with Crippen molar-refractivity contribution < 1.29 is 45.5 Å². The Morgan fingerprint density at radius 2 is 1.37 bits per heavy atom. The van der Waals surface area contributed by atoms with E-state index in [2.05, 4.69) is 14.2 Å². The molecule has 13 heteroatoms. The van der Waals surface area contributed by atoms with E-state index in [9.17, 15) is 36.6 Å². The van der Waals surface area contributed by atoms with Crippen LogP contribution in [0.1, 0.15) is 56.9 Å². The monoisotopic (exact) mass is 620 g/mol. The molecule has 2 N–H and O–H groups in total. The van der Waals surface area contributed by atoms with Crippen LogP contribution in [0.4, 0.5) is 13.2 Å². The number of methoxy groups -OCH3 is 1. The topological polar surface area (TPSA) is 136 Å². The first-order valence-electron chi connectivity index (χ1n) is 12.9. The fourth-order valence-electron chi connectivity index (χ4n) is 3.73. The molecule has 9 nitrogen and oxygen atoms in total. The number of halogens is 3. The molecule has 0 aliphatic rings. The maximum Gasteiger partial charge on any atom is 0.534 e. The molecule has 0 fully saturated rings. The lowest BCUT2D eigenvalue weighted by Crippen LogP contribution is -2.28. The van der Waals surface area contributed by atoms with Gasteiger partial charge in [-0.25, -0.2) is 0 Å². The zero-order chi connectivity index (χ0) is 32.2. The van der Waals surface area contributed by atoms with E-state index in [1.165, 1.54) is 32.4 Å².